The molecule has 2 aliphatic heterocycles. The van der Waals surface area contributed by atoms with E-state index in [0.717, 1.165) is 11.1 Å². The summed E-state index contributed by atoms with van der Waals surface area (Å²) in [6.07, 6.45) is 0.702. The van der Waals surface area contributed by atoms with Gasteiger partial charge in [-0.25, -0.2) is 4.79 Å². The summed E-state index contributed by atoms with van der Waals surface area (Å²) in [7, 11) is 3.36. The summed E-state index contributed by atoms with van der Waals surface area (Å²) in [6, 6.07) is 20.0. The van der Waals surface area contributed by atoms with Crippen molar-refractivity contribution in [3.8, 4) is 0 Å². The van der Waals surface area contributed by atoms with Crippen molar-refractivity contribution in [1.29, 1.82) is 0 Å². The standard InChI is InChI=1S/C25H26N2O5S2/c1-17-12-27(24(29)26-22(17)28)23-20-21(31-14-19-10-6-3-7-11-19)25(32-23,16-33-34-20)15-30-13-18-8-4-2-5-9-18/h2-12,20-21,23H,13-16H2,1H3,(H,26,28,29)/t20-,21+,23-,25+/m1/s1. The summed E-state index contributed by atoms with van der Waals surface area (Å²) in [5.41, 5.74) is 1.01. The van der Waals surface area contributed by atoms with Crippen molar-refractivity contribution >= 4 is 21.6 Å². The van der Waals surface area contributed by atoms with Crippen LogP contribution in [0.4, 0.5) is 0 Å². The Morgan fingerprint density at radius 3 is 2.44 bits per heavy atom. The van der Waals surface area contributed by atoms with E-state index in [4.69, 9.17) is 14.2 Å². The van der Waals surface area contributed by atoms with E-state index < -0.39 is 17.5 Å². The normalized spacial score (nSPS) is 26.0. The number of fused-ring (bicyclic) bond motifs is 2. The minimum atomic E-state index is -0.724. The van der Waals surface area contributed by atoms with Crippen LogP contribution in [0.5, 0.6) is 0 Å². The molecule has 2 aliphatic rings. The number of aromatic nitrogens is 2. The molecule has 2 saturated heterocycles. The molecule has 3 heterocycles. The SMILES string of the molecule is Cc1cn([C@@H]2O[C@@]3(COCc4ccccc4)CSS[C@@H]2[C@@H]3OCc2ccccc2)c(=O)[nH]c1=O. The van der Waals surface area contributed by atoms with Crippen LogP contribution in [0.1, 0.15) is 22.9 Å². The number of nitrogens with one attached hydrogen (secondary N) is 1. The first-order valence-electron chi connectivity index (χ1n) is 11.1. The van der Waals surface area contributed by atoms with Crippen molar-refractivity contribution in [3.05, 3.63) is 104 Å². The molecule has 0 unspecified atom stereocenters. The molecule has 1 aromatic heterocycles. The van der Waals surface area contributed by atoms with Gasteiger partial charge in [0.1, 0.15) is 11.7 Å². The number of rotatable bonds is 8. The smallest absolute Gasteiger partial charge is 0.330 e. The van der Waals surface area contributed by atoms with Gasteiger partial charge < -0.3 is 14.2 Å². The summed E-state index contributed by atoms with van der Waals surface area (Å²) in [5, 5.41) is -0.147. The molecule has 0 spiro atoms. The third kappa shape index (κ3) is 4.76. The molecule has 9 heteroatoms. The Labute approximate surface area is 205 Å². The Morgan fingerprint density at radius 2 is 1.74 bits per heavy atom. The van der Waals surface area contributed by atoms with Crippen molar-refractivity contribution in [3.63, 3.8) is 0 Å². The van der Waals surface area contributed by atoms with Gasteiger partial charge in [-0.15, -0.1) is 0 Å². The van der Waals surface area contributed by atoms with Gasteiger partial charge >= 0.3 is 5.69 Å². The maximum Gasteiger partial charge on any atom is 0.330 e. The van der Waals surface area contributed by atoms with Gasteiger partial charge in [0, 0.05) is 17.5 Å². The number of hydrogen-bond acceptors (Lipinski definition) is 7. The zero-order valence-electron chi connectivity index (χ0n) is 18.7. The Morgan fingerprint density at radius 1 is 1.06 bits per heavy atom. The van der Waals surface area contributed by atoms with E-state index >= 15 is 0 Å². The van der Waals surface area contributed by atoms with Gasteiger partial charge in [0.15, 0.2) is 6.23 Å². The highest BCUT2D eigenvalue weighted by molar-refractivity contribution is 8.77. The molecule has 1 N–H and O–H groups in total. The van der Waals surface area contributed by atoms with Gasteiger partial charge in [0.05, 0.1) is 25.1 Å². The van der Waals surface area contributed by atoms with Gasteiger partial charge in [0.25, 0.3) is 5.56 Å². The largest absolute Gasteiger partial charge is 0.374 e. The maximum atomic E-state index is 12.7. The van der Waals surface area contributed by atoms with Crippen LogP contribution in [0, 0.1) is 6.92 Å². The summed E-state index contributed by atoms with van der Waals surface area (Å²) < 4.78 is 20.7. The molecule has 2 fully saturated rings. The highest BCUT2D eigenvalue weighted by Crippen LogP contribution is 2.55. The number of aromatic amines is 1. The van der Waals surface area contributed by atoms with Crippen LogP contribution in [0.15, 0.2) is 76.4 Å². The molecule has 34 heavy (non-hydrogen) atoms. The van der Waals surface area contributed by atoms with Gasteiger partial charge in [-0.05, 0) is 18.1 Å². The molecule has 3 aromatic rings. The van der Waals surface area contributed by atoms with Crippen molar-refractivity contribution in [1.82, 2.24) is 9.55 Å². The Bertz CT molecular complexity index is 1230. The summed E-state index contributed by atoms with van der Waals surface area (Å²) in [4.78, 5) is 27.0. The molecule has 2 aromatic carbocycles. The van der Waals surface area contributed by atoms with Crippen LogP contribution in [-0.4, -0.2) is 38.9 Å². The quantitative estimate of drug-likeness (QED) is 0.475. The third-order valence-corrected chi connectivity index (χ3v) is 8.96. The average Bonchev–Trinajstić information content (AvgIpc) is 3.01. The summed E-state index contributed by atoms with van der Waals surface area (Å²) in [6.45, 7) is 2.91. The lowest BCUT2D eigenvalue weighted by Crippen LogP contribution is -2.51. The summed E-state index contributed by atoms with van der Waals surface area (Å²) in [5.74, 6) is 0.663. The number of benzene rings is 2. The zero-order chi connectivity index (χ0) is 23.5. The predicted octanol–water partition coefficient (Wildman–Crippen LogP) is 3.68. The number of ether oxygens (including phenoxy) is 3. The van der Waals surface area contributed by atoms with Crippen LogP contribution in [-0.2, 0) is 27.4 Å². The fraction of sp³-hybridized carbons (Fsp3) is 0.360. The lowest BCUT2D eigenvalue weighted by Gasteiger charge is -2.37. The highest BCUT2D eigenvalue weighted by Gasteiger charge is 2.60. The van der Waals surface area contributed by atoms with E-state index in [0.29, 0.717) is 31.1 Å². The lowest BCUT2D eigenvalue weighted by molar-refractivity contribution is -0.143. The van der Waals surface area contributed by atoms with E-state index in [9.17, 15) is 9.59 Å². The molecule has 178 valence electrons. The van der Waals surface area contributed by atoms with E-state index in [-0.39, 0.29) is 16.9 Å². The van der Waals surface area contributed by atoms with E-state index in [1.807, 2.05) is 60.7 Å². The molecule has 0 radical (unpaired) electrons. The fourth-order valence-electron chi connectivity index (χ4n) is 4.32. The van der Waals surface area contributed by atoms with Gasteiger partial charge in [-0.3, -0.25) is 14.3 Å². The first-order chi connectivity index (χ1) is 16.6. The zero-order valence-corrected chi connectivity index (χ0v) is 20.3. The fourth-order valence-corrected chi connectivity index (χ4v) is 7.63. The van der Waals surface area contributed by atoms with E-state index in [1.165, 1.54) is 4.57 Å². The average molecular weight is 499 g/mol. The predicted molar refractivity (Wildman–Crippen MR) is 134 cm³/mol. The van der Waals surface area contributed by atoms with Crippen molar-refractivity contribution < 1.29 is 14.2 Å². The van der Waals surface area contributed by atoms with Crippen molar-refractivity contribution in [2.45, 2.75) is 43.3 Å². The Balaban J connectivity index is 1.42. The molecule has 4 atom stereocenters. The van der Waals surface area contributed by atoms with Crippen LogP contribution >= 0.6 is 21.6 Å². The molecular weight excluding hydrogens is 472 g/mol. The van der Waals surface area contributed by atoms with E-state index in [1.54, 1.807) is 34.7 Å². The van der Waals surface area contributed by atoms with Gasteiger partial charge in [-0.2, -0.15) is 0 Å². The number of aryl methyl sites for hydroxylation is 1. The van der Waals surface area contributed by atoms with Gasteiger partial charge in [0.2, 0.25) is 0 Å². The lowest BCUT2D eigenvalue weighted by atomic mass is 9.99. The van der Waals surface area contributed by atoms with Crippen LogP contribution in [0.2, 0.25) is 0 Å². The van der Waals surface area contributed by atoms with Crippen molar-refractivity contribution in [2.75, 3.05) is 12.4 Å². The van der Waals surface area contributed by atoms with E-state index in [2.05, 4.69) is 4.98 Å². The minimum Gasteiger partial charge on any atom is -0.374 e. The second-order valence-corrected chi connectivity index (χ2v) is 11.1. The maximum absolute atomic E-state index is 12.7. The number of H-pyrrole nitrogens is 1. The van der Waals surface area contributed by atoms with Gasteiger partial charge in [-0.1, -0.05) is 82.3 Å². The second kappa shape index (κ2) is 10.1. The monoisotopic (exact) mass is 498 g/mol. The highest BCUT2D eigenvalue weighted by atomic mass is 33.1. The van der Waals surface area contributed by atoms with Crippen LogP contribution < -0.4 is 11.2 Å². The molecule has 2 bridgehead atoms. The van der Waals surface area contributed by atoms with Crippen molar-refractivity contribution in [2.24, 2.45) is 0 Å². The summed E-state index contributed by atoms with van der Waals surface area (Å²) >= 11 is 0. The van der Waals surface area contributed by atoms with Crippen LogP contribution in [0.3, 0.4) is 0 Å². The molecule has 0 amide bonds. The first kappa shape index (κ1) is 23.4. The molecular formula is C25H26N2O5S2. The molecule has 5 rings (SSSR count). The Kier molecular flexibility index (Phi) is 6.99. The Hall–Kier alpha value is -2.30. The second-order valence-electron chi connectivity index (χ2n) is 8.57. The third-order valence-electron chi connectivity index (χ3n) is 6.09. The molecule has 0 saturated carbocycles. The topological polar surface area (TPSA) is 82.6 Å². The molecule has 0 aliphatic carbocycles. The number of hydrogen-bond donors (Lipinski definition) is 1. The first-order valence-corrected chi connectivity index (χ1v) is 13.5. The molecule has 7 nitrogen and oxygen atoms in total. The number of nitrogens with zero attached hydrogens (tertiary/aromatic N) is 1. The minimum absolute atomic E-state index is 0.147. The van der Waals surface area contributed by atoms with Crippen LogP contribution in [0.25, 0.3) is 0 Å².